The summed E-state index contributed by atoms with van der Waals surface area (Å²) in [6.45, 7) is -0.803. The summed E-state index contributed by atoms with van der Waals surface area (Å²) in [4.78, 5) is 0. The van der Waals surface area contributed by atoms with E-state index in [2.05, 4.69) is 0 Å². The van der Waals surface area contributed by atoms with Crippen LogP contribution in [0.5, 0.6) is 0 Å². The average molecular weight is 179 g/mol. The summed E-state index contributed by atoms with van der Waals surface area (Å²) in [7, 11) is 0. The van der Waals surface area contributed by atoms with E-state index in [9.17, 15) is 15.3 Å². The normalized spacial score (nSPS) is 48.2. The highest BCUT2D eigenvalue weighted by Crippen LogP contribution is 2.27. The Morgan fingerprint density at radius 3 is 2.25 bits per heavy atom. The lowest BCUT2D eigenvalue weighted by atomic mass is 10.1. The van der Waals surface area contributed by atoms with Gasteiger partial charge in [-0.05, 0) is 0 Å². The molecule has 6 nitrogen and oxygen atoms in total. The molecule has 1 aliphatic heterocycles. The third-order valence-corrected chi connectivity index (χ3v) is 1.99. The molecule has 1 rings (SSSR count). The maximum Gasteiger partial charge on any atom is 0.207 e. The SMILES string of the molecule is NCC1(O)O[C@H](CO)[C@@H](O)[C@@H]1O. The van der Waals surface area contributed by atoms with Gasteiger partial charge in [-0.15, -0.1) is 0 Å². The molecular formula is C6H13NO5. The molecule has 0 saturated carbocycles. The zero-order valence-electron chi connectivity index (χ0n) is 6.42. The maximum atomic E-state index is 9.37. The monoisotopic (exact) mass is 179 g/mol. The molecule has 6 heteroatoms. The van der Waals surface area contributed by atoms with Gasteiger partial charge in [-0.2, -0.15) is 0 Å². The topological polar surface area (TPSA) is 116 Å². The van der Waals surface area contributed by atoms with Gasteiger partial charge < -0.3 is 30.9 Å². The number of hydrogen-bond donors (Lipinski definition) is 5. The van der Waals surface area contributed by atoms with Crippen LogP contribution >= 0.6 is 0 Å². The average Bonchev–Trinajstić information content (AvgIpc) is 2.31. The minimum absolute atomic E-state index is 0.332. The van der Waals surface area contributed by atoms with Gasteiger partial charge in [0.15, 0.2) is 0 Å². The Bertz CT molecular complexity index is 166. The van der Waals surface area contributed by atoms with Crippen molar-refractivity contribution in [3.05, 3.63) is 0 Å². The van der Waals surface area contributed by atoms with Crippen molar-refractivity contribution in [1.29, 1.82) is 0 Å². The van der Waals surface area contributed by atoms with Gasteiger partial charge in [0.25, 0.3) is 0 Å². The van der Waals surface area contributed by atoms with Crippen molar-refractivity contribution in [2.75, 3.05) is 13.2 Å². The summed E-state index contributed by atoms with van der Waals surface area (Å²) in [5, 5.41) is 36.4. The first-order valence-corrected chi connectivity index (χ1v) is 3.62. The maximum absolute atomic E-state index is 9.37. The Morgan fingerprint density at radius 2 is 2.00 bits per heavy atom. The first kappa shape index (κ1) is 9.85. The van der Waals surface area contributed by atoms with Crippen molar-refractivity contribution in [2.45, 2.75) is 24.1 Å². The van der Waals surface area contributed by atoms with E-state index in [1.54, 1.807) is 0 Å². The third-order valence-electron chi connectivity index (χ3n) is 1.99. The molecule has 0 radical (unpaired) electrons. The molecule has 0 amide bonds. The second-order valence-electron chi connectivity index (χ2n) is 2.82. The van der Waals surface area contributed by atoms with Crippen molar-refractivity contribution in [2.24, 2.45) is 5.73 Å². The molecule has 1 saturated heterocycles. The van der Waals surface area contributed by atoms with Crippen molar-refractivity contribution in [3.8, 4) is 0 Å². The molecule has 1 unspecified atom stereocenters. The van der Waals surface area contributed by atoms with Crippen molar-refractivity contribution in [1.82, 2.24) is 0 Å². The highest BCUT2D eigenvalue weighted by atomic mass is 16.7. The van der Waals surface area contributed by atoms with Crippen LogP contribution < -0.4 is 5.73 Å². The zero-order valence-corrected chi connectivity index (χ0v) is 6.42. The summed E-state index contributed by atoms with van der Waals surface area (Å²) in [5.74, 6) is -1.94. The van der Waals surface area contributed by atoms with Crippen LogP contribution in [-0.4, -0.2) is 57.7 Å². The van der Waals surface area contributed by atoms with Gasteiger partial charge in [0.05, 0.1) is 6.61 Å². The Morgan fingerprint density at radius 1 is 1.42 bits per heavy atom. The van der Waals surface area contributed by atoms with Crippen LogP contribution in [-0.2, 0) is 4.74 Å². The molecule has 0 bridgehead atoms. The summed E-state index contributed by atoms with van der Waals surface area (Å²) in [6.07, 6.45) is -3.75. The fourth-order valence-electron chi connectivity index (χ4n) is 1.19. The highest BCUT2D eigenvalue weighted by molar-refractivity contribution is 4.95. The van der Waals surface area contributed by atoms with Crippen LogP contribution in [0.3, 0.4) is 0 Å². The van der Waals surface area contributed by atoms with Crippen molar-refractivity contribution >= 4 is 0 Å². The largest absolute Gasteiger partial charge is 0.394 e. The lowest BCUT2D eigenvalue weighted by molar-refractivity contribution is -0.222. The molecule has 1 aliphatic rings. The number of hydrogen-bond acceptors (Lipinski definition) is 6. The summed E-state index contributed by atoms with van der Waals surface area (Å²) < 4.78 is 4.75. The quantitative estimate of drug-likeness (QED) is 0.304. The lowest BCUT2D eigenvalue weighted by Gasteiger charge is -2.23. The van der Waals surface area contributed by atoms with Gasteiger partial charge in [-0.3, -0.25) is 0 Å². The van der Waals surface area contributed by atoms with Gasteiger partial charge in [0.1, 0.15) is 18.3 Å². The fraction of sp³-hybridized carbons (Fsp3) is 1.00. The molecule has 1 fully saturated rings. The lowest BCUT2D eigenvalue weighted by Crippen LogP contribution is -2.48. The molecule has 0 aromatic carbocycles. The van der Waals surface area contributed by atoms with Crippen LogP contribution in [0.2, 0.25) is 0 Å². The van der Waals surface area contributed by atoms with E-state index in [0.29, 0.717) is 0 Å². The minimum Gasteiger partial charge on any atom is -0.394 e. The Labute approximate surface area is 69.2 Å². The molecule has 4 atom stereocenters. The first-order chi connectivity index (χ1) is 5.55. The third kappa shape index (κ3) is 1.33. The molecule has 1 heterocycles. The number of rotatable bonds is 2. The standard InChI is InChI=1S/C6H13NO5/c7-2-6(11)5(10)4(9)3(1-8)12-6/h3-5,8-11H,1-2,7H2/t3-,4-,5+,6?/m1/s1. The van der Waals surface area contributed by atoms with Crippen LogP contribution in [0.1, 0.15) is 0 Å². The second-order valence-corrected chi connectivity index (χ2v) is 2.82. The van der Waals surface area contributed by atoms with E-state index in [4.69, 9.17) is 15.6 Å². The molecule has 6 N–H and O–H groups in total. The number of aliphatic hydroxyl groups is 4. The summed E-state index contributed by atoms with van der Waals surface area (Å²) in [6, 6.07) is 0. The van der Waals surface area contributed by atoms with E-state index in [0.717, 1.165) is 0 Å². The molecule has 72 valence electrons. The van der Waals surface area contributed by atoms with E-state index in [1.807, 2.05) is 0 Å². The molecule has 0 spiro atoms. The Hall–Kier alpha value is -0.240. The summed E-state index contributed by atoms with van der Waals surface area (Å²) in [5.41, 5.74) is 5.11. The summed E-state index contributed by atoms with van der Waals surface area (Å²) >= 11 is 0. The van der Waals surface area contributed by atoms with Gasteiger partial charge in [0.2, 0.25) is 5.79 Å². The number of nitrogens with two attached hydrogens (primary N) is 1. The van der Waals surface area contributed by atoms with E-state index in [-0.39, 0.29) is 6.54 Å². The van der Waals surface area contributed by atoms with Gasteiger partial charge in [0, 0.05) is 6.54 Å². The van der Waals surface area contributed by atoms with Crippen molar-refractivity contribution in [3.63, 3.8) is 0 Å². The van der Waals surface area contributed by atoms with Gasteiger partial charge in [-0.1, -0.05) is 0 Å². The van der Waals surface area contributed by atoms with Crippen LogP contribution in [0.25, 0.3) is 0 Å². The van der Waals surface area contributed by atoms with Crippen LogP contribution in [0.15, 0.2) is 0 Å². The predicted molar refractivity (Wildman–Crippen MR) is 38.0 cm³/mol. The van der Waals surface area contributed by atoms with E-state index < -0.39 is 30.7 Å². The number of aliphatic hydroxyl groups excluding tert-OH is 3. The van der Waals surface area contributed by atoms with Gasteiger partial charge in [-0.25, -0.2) is 0 Å². The molecular weight excluding hydrogens is 166 g/mol. The fourth-order valence-corrected chi connectivity index (χ4v) is 1.19. The Balaban J connectivity index is 2.72. The minimum atomic E-state index is -1.94. The van der Waals surface area contributed by atoms with E-state index in [1.165, 1.54) is 0 Å². The van der Waals surface area contributed by atoms with E-state index >= 15 is 0 Å². The molecule has 0 aliphatic carbocycles. The molecule has 0 aromatic heterocycles. The number of ether oxygens (including phenoxy) is 1. The zero-order chi connectivity index (χ0) is 9.35. The van der Waals surface area contributed by atoms with Crippen LogP contribution in [0.4, 0.5) is 0 Å². The second kappa shape index (κ2) is 3.25. The first-order valence-electron chi connectivity index (χ1n) is 3.62. The molecule has 0 aromatic rings. The predicted octanol–water partition coefficient (Wildman–Crippen LogP) is -3.25. The highest BCUT2D eigenvalue weighted by Gasteiger charge is 2.52. The van der Waals surface area contributed by atoms with Gasteiger partial charge >= 0.3 is 0 Å². The Kier molecular flexibility index (Phi) is 2.67. The van der Waals surface area contributed by atoms with Crippen molar-refractivity contribution < 1.29 is 25.2 Å². The smallest absolute Gasteiger partial charge is 0.207 e. The van der Waals surface area contributed by atoms with Crippen LogP contribution in [0, 0.1) is 0 Å². The molecule has 12 heavy (non-hydrogen) atoms.